The van der Waals surface area contributed by atoms with Crippen LogP contribution < -0.4 is 10.6 Å². The maximum atomic E-state index is 10.9. The highest BCUT2D eigenvalue weighted by Gasteiger charge is 2.04. The molecule has 0 unspecified atom stereocenters. The SMILES string of the molecule is CC(=O)Nc1ccc(NCc2cc(Br)c(Cl)s2)cc1. The second-order valence-electron chi connectivity index (χ2n) is 3.95. The van der Waals surface area contributed by atoms with Crippen LogP contribution in [0.4, 0.5) is 11.4 Å². The van der Waals surface area contributed by atoms with Crippen molar-refractivity contribution in [2.45, 2.75) is 13.5 Å². The summed E-state index contributed by atoms with van der Waals surface area (Å²) in [5.74, 6) is -0.0706. The monoisotopic (exact) mass is 358 g/mol. The van der Waals surface area contributed by atoms with E-state index in [1.165, 1.54) is 6.92 Å². The Bertz CT molecular complexity index is 563. The van der Waals surface area contributed by atoms with Crippen LogP contribution in [0.2, 0.25) is 4.34 Å². The van der Waals surface area contributed by atoms with Crippen molar-refractivity contribution >= 4 is 56.1 Å². The van der Waals surface area contributed by atoms with Crippen LogP contribution in [0.3, 0.4) is 0 Å². The number of thiophene rings is 1. The number of halogens is 2. The highest BCUT2D eigenvalue weighted by atomic mass is 79.9. The maximum Gasteiger partial charge on any atom is 0.221 e. The van der Waals surface area contributed by atoms with E-state index >= 15 is 0 Å². The summed E-state index contributed by atoms with van der Waals surface area (Å²) in [5.41, 5.74) is 1.79. The van der Waals surface area contributed by atoms with E-state index < -0.39 is 0 Å². The zero-order valence-corrected chi connectivity index (χ0v) is 13.3. The van der Waals surface area contributed by atoms with Gasteiger partial charge in [0.2, 0.25) is 5.91 Å². The Kier molecular flexibility index (Phi) is 4.85. The fourth-order valence-electron chi connectivity index (χ4n) is 1.54. The van der Waals surface area contributed by atoms with Crippen molar-refractivity contribution in [3.63, 3.8) is 0 Å². The van der Waals surface area contributed by atoms with Gasteiger partial charge in [-0.1, -0.05) is 11.6 Å². The third kappa shape index (κ3) is 4.23. The molecule has 2 N–H and O–H groups in total. The lowest BCUT2D eigenvalue weighted by atomic mass is 10.2. The standard InChI is InChI=1S/C13H12BrClN2OS/c1-8(18)17-10-4-2-9(3-5-10)16-7-11-6-12(14)13(15)19-11/h2-6,16H,7H2,1H3,(H,17,18). The molecule has 0 saturated carbocycles. The minimum atomic E-state index is -0.0706. The summed E-state index contributed by atoms with van der Waals surface area (Å²) in [4.78, 5) is 12.1. The quantitative estimate of drug-likeness (QED) is 0.828. The molecule has 1 amide bonds. The lowest BCUT2D eigenvalue weighted by Crippen LogP contribution is -2.05. The van der Waals surface area contributed by atoms with Crippen molar-refractivity contribution in [3.8, 4) is 0 Å². The van der Waals surface area contributed by atoms with E-state index in [4.69, 9.17) is 11.6 Å². The van der Waals surface area contributed by atoms with E-state index in [1.54, 1.807) is 11.3 Å². The highest BCUT2D eigenvalue weighted by molar-refractivity contribution is 9.10. The van der Waals surface area contributed by atoms with Gasteiger partial charge < -0.3 is 10.6 Å². The summed E-state index contributed by atoms with van der Waals surface area (Å²) in [7, 11) is 0. The first-order valence-corrected chi connectivity index (χ1v) is 7.58. The number of amides is 1. The Morgan fingerprint density at radius 2 is 1.95 bits per heavy atom. The van der Waals surface area contributed by atoms with E-state index in [2.05, 4.69) is 26.6 Å². The Balaban J connectivity index is 1.94. The van der Waals surface area contributed by atoms with Gasteiger partial charge in [0.05, 0.1) is 0 Å². The van der Waals surface area contributed by atoms with Crippen LogP contribution in [0.15, 0.2) is 34.8 Å². The number of benzene rings is 1. The first kappa shape index (κ1) is 14.4. The molecule has 0 aliphatic rings. The topological polar surface area (TPSA) is 41.1 Å². The molecule has 6 heteroatoms. The van der Waals surface area contributed by atoms with E-state index in [0.29, 0.717) is 0 Å². The summed E-state index contributed by atoms with van der Waals surface area (Å²) < 4.78 is 1.69. The Hall–Kier alpha value is -1.04. The van der Waals surface area contributed by atoms with Crippen LogP contribution in [0, 0.1) is 0 Å². The van der Waals surface area contributed by atoms with Crippen molar-refractivity contribution in [3.05, 3.63) is 44.0 Å². The molecule has 0 saturated heterocycles. The van der Waals surface area contributed by atoms with Crippen LogP contribution in [0.1, 0.15) is 11.8 Å². The van der Waals surface area contributed by atoms with Crippen LogP contribution in [0.5, 0.6) is 0 Å². The summed E-state index contributed by atoms with van der Waals surface area (Å²) in [6, 6.07) is 9.58. The largest absolute Gasteiger partial charge is 0.380 e. The van der Waals surface area contributed by atoms with Gasteiger partial charge in [-0.3, -0.25) is 4.79 Å². The molecule has 2 aromatic rings. The number of rotatable bonds is 4. The molecule has 0 atom stereocenters. The number of carbonyl (C=O) groups is 1. The van der Waals surface area contributed by atoms with Gasteiger partial charge in [0.15, 0.2) is 0 Å². The Labute approximate surface area is 129 Å². The Morgan fingerprint density at radius 3 is 2.47 bits per heavy atom. The number of hydrogen-bond donors (Lipinski definition) is 2. The van der Waals surface area contributed by atoms with E-state index in [-0.39, 0.29) is 5.91 Å². The average molecular weight is 360 g/mol. The number of anilines is 2. The third-order valence-corrected chi connectivity index (χ3v) is 4.84. The van der Waals surface area contributed by atoms with Crippen LogP contribution in [0.25, 0.3) is 0 Å². The maximum absolute atomic E-state index is 10.9. The first-order chi connectivity index (χ1) is 9.04. The summed E-state index contributed by atoms with van der Waals surface area (Å²) in [6.45, 7) is 2.21. The fraction of sp³-hybridized carbons (Fsp3) is 0.154. The van der Waals surface area contributed by atoms with Crippen LogP contribution in [-0.4, -0.2) is 5.91 Å². The minimum absolute atomic E-state index is 0.0706. The van der Waals surface area contributed by atoms with Crippen molar-refractivity contribution in [2.24, 2.45) is 0 Å². The molecule has 0 aliphatic carbocycles. The molecular weight excluding hydrogens is 348 g/mol. The van der Waals surface area contributed by atoms with Gasteiger partial charge in [-0.05, 0) is 46.3 Å². The zero-order chi connectivity index (χ0) is 13.8. The number of carbonyl (C=O) groups excluding carboxylic acids is 1. The van der Waals surface area contributed by atoms with Gasteiger partial charge in [-0.25, -0.2) is 0 Å². The average Bonchev–Trinajstić information content (AvgIpc) is 2.67. The Morgan fingerprint density at radius 1 is 1.32 bits per heavy atom. The summed E-state index contributed by atoms with van der Waals surface area (Å²) in [5, 5.41) is 6.03. The van der Waals surface area contributed by atoms with Crippen molar-refractivity contribution in [1.29, 1.82) is 0 Å². The predicted octanol–water partition coefficient (Wildman–Crippen LogP) is 4.73. The van der Waals surface area contributed by atoms with Crippen molar-refractivity contribution in [1.82, 2.24) is 0 Å². The zero-order valence-electron chi connectivity index (χ0n) is 10.2. The van der Waals surface area contributed by atoms with Gasteiger partial charge >= 0.3 is 0 Å². The first-order valence-electron chi connectivity index (χ1n) is 5.60. The van der Waals surface area contributed by atoms with E-state index in [9.17, 15) is 4.79 Å². The molecule has 0 bridgehead atoms. The third-order valence-electron chi connectivity index (χ3n) is 2.37. The van der Waals surface area contributed by atoms with Crippen molar-refractivity contribution in [2.75, 3.05) is 10.6 Å². The molecule has 100 valence electrons. The van der Waals surface area contributed by atoms with Gasteiger partial charge in [-0.15, -0.1) is 11.3 Å². The van der Waals surface area contributed by atoms with Gasteiger partial charge in [0.25, 0.3) is 0 Å². The van der Waals surface area contributed by atoms with E-state index in [0.717, 1.165) is 31.6 Å². The van der Waals surface area contributed by atoms with Crippen molar-refractivity contribution < 1.29 is 4.79 Å². The molecule has 0 aliphatic heterocycles. The lowest BCUT2D eigenvalue weighted by molar-refractivity contribution is -0.114. The second-order valence-corrected chi connectivity index (χ2v) is 6.54. The number of nitrogens with one attached hydrogen (secondary N) is 2. The van der Waals surface area contributed by atoms with Gasteiger partial charge in [-0.2, -0.15) is 0 Å². The molecule has 3 nitrogen and oxygen atoms in total. The molecular formula is C13H12BrClN2OS. The predicted molar refractivity (Wildman–Crippen MR) is 85.1 cm³/mol. The van der Waals surface area contributed by atoms with Gasteiger partial charge in [0.1, 0.15) is 4.34 Å². The fourth-order valence-corrected chi connectivity index (χ4v) is 3.27. The second kappa shape index (κ2) is 6.41. The molecule has 1 aromatic heterocycles. The van der Waals surface area contributed by atoms with Gasteiger partial charge in [0, 0.05) is 34.2 Å². The normalized spacial score (nSPS) is 10.3. The lowest BCUT2D eigenvalue weighted by Gasteiger charge is -2.06. The molecule has 19 heavy (non-hydrogen) atoms. The summed E-state index contributed by atoms with van der Waals surface area (Å²) >= 11 is 10.9. The minimum Gasteiger partial charge on any atom is -0.380 e. The molecule has 1 aromatic carbocycles. The summed E-state index contributed by atoms with van der Waals surface area (Å²) in [6.07, 6.45) is 0. The smallest absolute Gasteiger partial charge is 0.221 e. The van der Waals surface area contributed by atoms with Crippen LogP contribution in [-0.2, 0) is 11.3 Å². The highest BCUT2D eigenvalue weighted by Crippen LogP contribution is 2.32. The molecule has 0 fully saturated rings. The molecule has 2 rings (SSSR count). The van der Waals surface area contributed by atoms with Crippen LogP contribution >= 0.6 is 38.9 Å². The van der Waals surface area contributed by atoms with E-state index in [1.807, 2.05) is 30.3 Å². The molecule has 1 heterocycles. The molecule has 0 radical (unpaired) electrons. The number of hydrogen-bond acceptors (Lipinski definition) is 3. The molecule has 0 spiro atoms.